The van der Waals surface area contributed by atoms with E-state index in [1.807, 2.05) is 11.8 Å². The number of thioether (sulfide) groups is 1. The van der Waals surface area contributed by atoms with Gasteiger partial charge in [-0.1, -0.05) is 0 Å². The van der Waals surface area contributed by atoms with Crippen LogP contribution in [0.3, 0.4) is 0 Å². The quantitative estimate of drug-likeness (QED) is 0.712. The maximum absolute atomic E-state index is 11.7. The number of ether oxygens (including phenoxy) is 1. The molecule has 2 aliphatic heterocycles. The molecule has 3 N–H and O–H groups in total. The number of amides is 2. The SMILES string of the molecule is O=C(NCC1CCC(C(=O)O)O1)NC1CCCSC1. The third-order valence-corrected chi connectivity index (χ3v) is 4.58. The first-order valence-electron chi connectivity index (χ1n) is 6.65. The van der Waals surface area contributed by atoms with Gasteiger partial charge in [-0.3, -0.25) is 0 Å². The van der Waals surface area contributed by atoms with E-state index in [2.05, 4.69) is 10.6 Å². The Balaban J connectivity index is 1.62. The predicted octanol–water partition coefficient (Wildman–Crippen LogP) is 0.813. The topological polar surface area (TPSA) is 87.7 Å². The van der Waals surface area contributed by atoms with Crippen LogP contribution in [0.25, 0.3) is 0 Å². The molecule has 0 aromatic heterocycles. The van der Waals surface area contributed by atoms with Crippen LogP contribution in [0.15, 0.2) is 0 Å². The number of aliphatic carboxylic acids is 1. The average molecular weight is 288 g/mol. The van der Waals surface area contributed by atoms with Gasteiger partial charge in [0.25, 0.3) is 0 Å². The van der Waals surface area contributed by atoms with Gasteiger partial charge < -0.3 is 20.5 Å². The number of carboxylic acids is 1. The van der Waals surface area contributed by atoms with Crippen molar-refractivity contribution in [2.24, 2.45) is 0 Å². The number of hydrogen-bond acceptors (Lipinski definition) is 4. The van der Waals surface area contributed by atoms with Gasteiger partial charge in [-0.25, -0.2) is 9.59 Å². The second-order valence-electron chi connectivity index (χ2n) is 4.93. The van der Waals surface area contributed by atoms with E-state index in [9.17, 15) is 9.59 Å². The zero-order chi connectivity index (χ0) is 13.7. The molecule has 0 aliphatic carbocycles. The zero-order valence-corrected chi connectivity index (χ0v) is 11.6. The summed E-state index contributed by atoms with van der Waals surface area (Å²) in [5, 5.41) is 14.5. The van der Waals surface area contributed by atoms with Gasteiger partial charge in [0.2, 0.25) is 0 Å². The minimum atomic E-state index is -0.925. The molecule has 2 saturated heterocycles. The van der Waals surface area contributed by atoms with Crippen LogP contribution in [0, 0.1) is 0 Å². The van der Waals surface area contributed by atoms with Crippen LogP contribution in [0.5, 0.6) is 0 Å². The predicted molar refractivity (Wildman–Crippen MR) is 72.4 cm³/mol. The van der Waals surface area contributed by atoms with Crippen LogP contribution in [-0.2, 0) is 9.53 Å². The largest absolute Gasteiger partial charge is 0.479 e. The van der Waals surface area contributed by atoms with Crippen molar-refractivity contribution >= 4 is 23.8 Å². The maximum Gasteiger partial charge on any atom is 0.332 e. The van der Waals surface area contributed by atoms with Gasteiger partial charge in [0, 0.05) is 18.3 Å². The Morgan fingerprint density at radius 3 is 2.79 bits per heavy atom. The summed E-state index contributed by atoms with van der Waals surface area (Å²) in [6, 6.07) is 0.0601. The van der Waals surface area contributed by atoms with E-state index in [1.54, 1.807) is 0 Å². The second kappa shape index (κ2) is 7.00. The van der Waals surface area contributed by atoms with E-state index < -0.39 is 12.1 Å². The molecule has 0 saturated carbocycles. The van der Waals surface area contributed by atoms with Gasteiger partial charge in [-0.2, -0.15) is 11.8 Å². The Kier molecular flexibility index (Phi) is 5.33. The molecule has 0 aromatic carbocycles. The Morgan fingerprint density at radius 2 is 2.16 bits per heavy atom. The lowest BCUT2D eigenvalue weighted by atomic mass is 10.2. The molecule has 0 aromatic rings. The van der Waals surface area contributed by atoms with Gasteiger partial charge >= 0.3 is 12.0 Å². The first kappa shape index (κ1) is 14.5. The fourth-order valence-electron chi connectivity index (χ4n) is 2.34. The molecule has 0 spiro atoms. The Labute approximate surface area is 116 Å². The summed E-state index contributed by atoms with van der Waals surface area (Å²) in [5.41, 5.74) is 0. The summed E-state index contributed by atoms with van der Waals surface area (Å²) in [5.74, 6) is 1.21. The molecule has 108 valence electrons. The molecule has 2 amide bonds. The van der Waals surface area contributed by atoms with E-state index in [0.29, 0.717) is 19.4 Å². The standard InChI is InChI=1S/C12H20N2O4S/c15-11(16)10-4-3-9(18-10)6-13-12(17)14-8-2-1-5-19-7-8/h8-10H,1-7H2,(H,15,16)(H2,13,14,17). The van der Waals surface area contributed by atoms with Gasteiger partial charge in [0.15, 0.2) is 6.10 Å². The van der Waals surface area contributed by atoms with Gasteiger partial charge in [0.05, 0.1) is 6.10 Å². The van der Waals surface area contributed by atoms with E-state index in [0.717, 1.165) is 18.6 Å². The molecule has 3 unspecified atom stereocenters. The molecule has 3 atom stereocenters. The summed E-state index contributed by atoms with van der Waals surface area (Å²) < 4.78 is 5.32. The number of hydrogen-bond donors (Lipinski definition) is 3. The van der Waals surface area contributed by atoms with Crippen LogP contribution in [0.1, 0.15) is 25.7 Å². The van der Waals surface area contributed by atoms with Gasteiger partial charge in [-0.15, -0.1) is 0 Å². The monoisotopic (exact) mass is 288 g/mol. The lowest BCUT2D eigenvalue weighted by molar-refractivity contribution is -0.149. The van der Waals surface area contributed by atoms with E-state index in [-0.39, 0.29) is 18.2 Å². The highest BCUT2D eigenvalue weighted by Gasteiger charge is 2.30. The first-order chi connectivity index (χ1) is 9.15. The van der Waals surface area contributed by atoms with E-state index >= 15 is 0 Å². The van der Waals surface area contributed by atoms with Crippen molar-refractivity contribution in [2.45, 2.75) is 43.9 Å². The Hall–Kier alpha value is -0.950. The van der Waals surface area contributed by atoms with E-state index in [1.165, 1.54) is 5.75 Å². The van der Waals surface area contributed by atoms with Gasteiger partial charge in [-0.05, 0) is 31.4 Å². The molecule has 2 rings (SSSR count). The summed E-state index contributed by atoms with van der Waals surface area (Å²) in [6.45, 7) is 0.371. The van der Waals surface area contributed by atoms with Crippen LogP contribution >= 0.6 is 11.8 Å². The van der Waals surface area contributed by atoms with Crippen molar-refractivity contribution in [1.29, 1.82) is 0 Å². The summed E-state index contributed by atoms with van der Waals surface area (Å²) in [7, 11) is 0. The van der Waals surface area contributed by atoms with Crippen LogP contribution in [-0.4, -0.2) is 53.4 Å². The number of carboxylic acid groups (broad SMARTS) is 1. The molecule has 0 bridgehead atoms. The lowest BCUT2D eigenvalue weighted by Crippen LogP contribution is -2.46. The summed E-state index contributed by atoms with van der Waals surface area (Å²) >= 11 is 1.86. The van der Waals surface area contributed by atoms with Crippen LogP contribution in [0.4, 0.5) is 4.79 Å². The second-order valence-corrected chi connectivity index (χ2v) is 6.08. The zero-order valence-electron chi connectivity index (χ0n) is 10.8. The number of nitrogens with one attached hydrogen (secondary N) is 2. The summed E-state index contributed by atoms with van der Waals surface area (Å²) in [6.07, 6.45) is 2.46. The fourth-order valence-corrected chi connectivity index (χ4v) is 3.41. The minimum absolute atomic E-state index is 0.185. The number of urea groups is 1. The normalized spacial score (nSPS) is 30.8. The van der Waals surface area contributed by atoms with Crippen LogP contribution < -0.4 is 10.6 Å². The minimum Gasteiger partial charge on any atom is -0.479 e. The number of rotatable bonds is 4. The molecule has 2 fully saturated rings. The molecule has 2 aliphatic rings. The van der Waals surface area contributed by atoms with E-state index in [4.69, 9.17) is 9.84 Å². The van der Waals surface area contributed by atoms with Crippen LogP contribution in [0.2, 0.25) is 0 Å². The molecular weight excluding hydrogens is 268 g/mol. The first-order valence-corrected chi connectivity index (χ1v) is 7.81. The fraction of sp³-hybridized carbons (Fsp3) is 0.833. The summed E-state index contributed by atoms with van der Waals surface area (Å²) in [4.78, 5) is 22.4. The highest BCUT2D eigenvalue weighted by atomic mass is 32.2. The lowest BCUT2D eigenvalue weighted by Gasteiger charge is -2.23. The van der Waals surface area contributed by atoms with Crippen molar-refractivity contribution in [1.82, 2.24) is 10.6 Å². The molecule has 7 heteroatoms. The molecule has 19 heavy (non-hydrogen) atoms. The van der Waals surface area contributed by atoms with Crippen molar-refractivity contribution in [3.63, 3.8) is 0 Å². The Morgan fingerprint density at radius 1 is 1.32 bits per heavy atom. The van der Waals surface area contributed by atoms with Crippen molar-refractivity contribution in [3.8, 4) is 0 Å². The number of carbonyl (C=O) groups excluding carboxylic acids is 1. The average Bonchev–Trinajstić information content (AvgIpc) is 2.86. The highest BCUT2D eigenvalue weighted by Crippen LogP contribution is 2.19. The molecule has 0 radical (unpaired) electrons. The third-order valence-electron chi connectivity index (χ3n) is 3.37. The molecule has 6 nitrogen and oxygen atoms in total. The highest BCUT2D eigenvalue weighted by molar-refractivity contribution is 7.99. The molecule has 2 heterocycles. The molecular formula is C12H20N2O4S. The van der Waals surface area contributed by atoms with Crippen molar-refractivity contribution in [3.05, 3.63) is 0 Å². The number of carbonyl (C=O) groups is 2. The van der Waals surface area contributed by atoms with Gasteiger partial charge in [0.1, 0.15) is 0 Å². The van der Waals surface area contributed by atoms with Crippen molar-refractivity contribution < 1.29 is 19.4 Å². The maximum atomic E-state index is 11.7. The third kappa shape index (κ3) is 4.58. The smallest absolute Gasteiger partial charge is 0.332 e. The Bertz CT molecular complexity index is 334. The van der Waals surface area contributed by atoms with Crippen molar-refractivity contribution in [2.75, 3.05) is 18.1 Å².